The zero-order valence-electron chi connectivity index (χ0n) is 15.2. The van der Waals surface area contributed by atoms with Gasteiger partial charge >= 0.3 is 5.97 Å². The molecule has 2 amide bonds. The van der Waals surface area contributed by atoms with Crippen LogP contribution in [0.15, 0.2) is 24.3 Å². The summed E-state index contributed by atoms with van der Waals surface area (Å²) in [6, 6.07) is 7.18. The van der Waals surface area contributed by atoms with Crippen molar-refractivity contribution in [2.75, 3.05) is 26.2 Å². The first-order chi connectivity index (χ1) is 13.0. The molecule has 1 aromatic rings. The number of amides is 2. The summed E-state index contributed by atoms with van der Waals surface area (Å²) in [7, 11) is 0. The van der Waals surface area contributed by atoms with Crippen LogP contribution in [0.25, 0.3) is 0 Å². The summed E-state index contributed by atoms with van der Waals surface area (Å²) >= 11 is 5.94. The molecule has 0 spiro atoms. The molecule has 1 unspecified atom stereocenters. The first-order valence-corrected chi connectivity index (χ1v) is 9.56. The molecule has 8 heteroatoms. The minimum absolute atomic E-state index is 0.00140. The minimum atomic E-state index is -0.959. The quantitative estimate of drug-likeness (QED) is 0.507. The Morgan fingerprint density at radius 3 is 2.44 bits per heavy atom. The van der Waals surface area contributed by atoms with Gasteiger partial charge in [-0.2, -0.15) is 0 Å². The number of hydrogen-bond donors (Lipinski definition) is 4. The van der Waals surface area contributed by atoms with Gasteiger partial charge in [0.1, 0.15) is 0 Å². The second-order valence-electron chi connectivity index (χ2n) is 6.72. The van der Waals surface area contributed by atoms with E-state index in [1.807, 2.05) is 12.1 Å². The van der Waals surface area contributed by atoms with Crippen molar-refractivity contribution in [2.45, 2.75) is 31.6 Å². The van der Waals surface area contributed by atoms with E-state index in [0.29, 0.717) is 11.6 Å². The highest BCUT2D eigenvalue weighted by Crippen LogP contribution is 2.22. The summed E-state index contributed by atoms with van der Waals surface area (Å²) < 4.78 is 0. The molecule has 0 aliphatic carbocycles. The van der Waals surface area contributed by atoms with Crippen molar-refractivity contribution in [3.05, 3.63) is 34.9 Å². The number of carbonyl (C=O) groups is 3. The highest BCUT2D eigenvalue weighted by Gasteiger charge is 2.23. The fourth-order valence-corrected chi connectivity index (χ4v) is 3.23. The maximum atomic E-state index is 12.4. The molecule has 1 heterocycles. The first-order valence-electron chi connectivity index (χ1n) is 9.18. The molecule has 4 N–H and O–H groups in total. The number of carboxylic acid groups (broad SMARTS) is 1. The summed E-state index contributed by atoms with van der Waals surface area (Å²) in [5.41, 5.74) is 0.901. The van der Waals surface area contributed by atoms with Gasteiger partial charge in [0.05, 0.1) is 6.42 Å². The van der Waals surface area contributed by atoms with Crippen LogP contribution in [-0.2, 0) is 14.4 Å². The number of rotatable bonds is 9. The van der Waals surface area contributed by atoms with Crippen LogP contribution in [0.2, 0.25) is 5.02 Å². The van der Waals surface area contributed by atoms with E-state index in [4.69, 9.17) is 16.7 Å². The topological polar surface area (TPSA) is 108 Å². The largest absolute Gasteiger partial charge is 0.481 e. The molecule has 27 heavy (non-hydrogen) atoms. The van der Waals surface area contributed by atoms with E-state index in [0.717, 1.165) is 31.5 Å². The normalized spacial score (nSPS) is 15.7. The predicted octanol–water partition coefficient (Wildman–Crippen LogP) is 1.52. The highest BCUT2D eigenvalue weighted by atomic mass is 35.5. The molecule has 1 aromatic carbocycles. The van der Waals surface area contributed by atoms with Crippen LogP contribution < -0.4 is 16.0 Å². The molecule has 0 aromatic heterocycles. The molecule has 2 rings (SSSR count). The third kappa shape index (κ3) is 7.56. The van der Waals surface area contributed by atoms with Crippen molar-refractivity contribution >= 4 is 29.4 Å². The molecule has 7 nitrogen and oxygen atoms in total. The van der Waals surface area contributed by atoms with Gasteiger partial charge in [0.25, 0.3) is 0 Å². The lowest BCUT2D eigenvalue weighted by molar-refractivity contribution is -0.137. The average Bonchev–Trinajstić information content (AvgIpc) is 2.66. The van der Waals surface area contributed by atoms with Crippen LogP contribution in [0.1, 0.15) is 37.2 Å². The SMILES string of the molecule is O=C(O)CCNC(=O)CC(CNC(=O)C1CCNCC1)c1ccc(Cl)cc1. The van der Waals surface area contributed by atoms with E-state index in [2.05, 4.69) is 16.0 Å². The fourth-order valence-electron chi connectivity index (χ4n) is 3.10. The van der Waals surface area contributed by atoms with E-state index >= 15 is 0 Å². The molecule has 148 valence electrons. The maximum Gasteiger partial charge on any atom is 0.305 e. The Morgan fingerprint density at radius 1 is 1.15 bits per heavy atom. The fraction of sp³-hybridized carbons (Fsp3) is 0.526. The Bertz CT molecular complexity index is 645. The summed E-state index contributed by atoms with van der Waals surface area (Å²) in [6.07, 6.45) is 1.66. The van der Waals surface area contributed by atoms with Gasteiger partial charge in [-0.25, -0.2) is 0 Å². The van der Waals surface area contributed by atoms with Gasteiger partial charge in [0.2, 0.25) is 11.8 Å². The molecule has 1 fully saturated rings. The van der Waals surface area contributed by atoms with Gasteiger partial charge in [-0.15, -0.1) is 0 Å². The van der Waals surface area contributed by atoms with E-state index in [1.54, 1.807) is 12.1 Å². The molecule has 0 radical (unpaired) electrons. The molecule has 1 aliphatic rings. The van der Waals surface area contributed by atoms with Gasteiger partial charge in [0, 0.05) is 36.4 Å². The number of nitrogens with one attached hydrogen (secondary N) is 3. The van der Waals surface area contributed by atoms with Crippen LogP contribution in [0.4, 0.5) is 0 Å². The minimum Gasteiger partial charge on any atom is -0.481 e. The van der Waals surface area contributed by atoms with E-state index in [9.17, 15) is 14.4 Å². The van der Waals surface area contributed by atoms with E-state index < -0.39 is 5.97 Å². The number of hydrogen-bond acceptors (Lipinski definition) is 4. The second-order valence-corrected chi connectivity index (χ2v) is 7.15. The zero-order chi connectivity index (χ0) is 19.6. The summed E-state index contributed by atoms with van der Waals surface area (Å²) in [5.74, 6) is -1.40. The molecule has 0 bridgehead atoms. The Hall–Kier alpha value is -2.12. The molecule has 0 saturated carbocycles. The Morgan fingerprint density at radius 2 is 1.81 bits per heavy atom. The summed E-state index contributed by atoms with van der Waals surface area (Å²) in [6.45, 7) is 2.11. The summed E-state index contributed by atoms with van der Waals surface area (Å²) in [5, 5.41) is 18.1. The van der Waals surface area contributed by atoms with Crippen molar-refractivity contribution in [3.8, 4) is 0 Å². The maximum absolute atomic E-state index is 12.4. The Kier molecular flexibility index (Phi) is 8.54. The van der Waals surface area contributed by atoms with E-state index in [1.165, 1.54) is 0 Å². The lowest BCUT2D eigenvalue weighted by atomic mass is 9.93. The smallest absolute Gasteiger partial charge is 0.305 e. The number of halogens is 1. The molecular formula is C19H26ClN3O4. The van der Waals surface area contributed by atoms with Gasteiger partial charge in [-0.3, -0.25) is 14.4 Å². The first kappa shape index (κ1) is 21.2. The van der Waals surface area contributed by atoms with Crippen molar-refractivity contribution in [3.63, 3.8) is 0 Å². The van der Waals surface area contributed by atoms with Gasteiger partial charge < -0.3 is 21.1 Å². The number of benzene rings is 1. The Labute approximate surface area is 163 Å². The van der Waals surface area contributed by atoms with Crippen LogP contribution in [0.5, 0.6) is 0 Å². The van der Waals surface area contributed by atoms with Gasteiger partial charge in [-0.05, 0) is 43.6 Å². The molecule has 1 aliphatic heterocycles. The van der Waals surface area contributed by atoms with Crippen molar-refractivity contribution in [2.24, 2.45) is 5.92 Å². The molecule has 1 saturated heterocycles. The monoisotopic (exact) mass is 395 g/mol. The predicted molar refractivity (Wildman–Crippen MR) is 103 cm³/mol. The highest BCUT2D eigenvalue weighted by molar-refractivity contribution is 6.30. The van der Waals surface area contributed by atoms with Gasteiger partial charge in [-0.1, -0.05) is 23.7 Å². The van der Waals surface area contributed by atoms with Gasteiger partial charge in [0.15, 0.2) is 0 Å². The molecule has 1 atom stereocenters. The number of carboxylic acids is 1. The third-order valence-corrected chi connectivity index (χ3v) is 4.92. The Balaban J connectivity index is 1.94. The van der Waals surface area contributed by atoms with Crippen molar-refractivity contribution in [1.29, 1.82) is 0 Å². The lowest BCUT2D eigenvalue weighted by Crippen LogP contribution is -2.40. The standard InChI is InChI=1S/C19H26ClN3O4/c20-16-3-1-13(2-4-16)15(11-17(24)22-10-7-18(25)26)12-23-19(27)14-5-8-21-9-6-14/h1-4,14-15,21H,5-12H2,(H,22,24)(H,23,27)(H,25,26). The molecular weight excluding hydrogens is 370 g/mol. The summed E-state index contributed by atoms with van der Waals surface area (Å²) in [4.78, 5) is 35.1. The average molecular weight is 396 g/mol. The number of carbonyl (C=O) groups excluding carboxylic acids is 2. The van der Waals surface area contributed by atoms with Crippen LogP contribution in [-0.4, -0.2) is 49.1 Å². The van der Waals surface area contributed by atoms with Crippen molar-refractivity contribution < 1.29 is 19.5 Å². The van der Waals surface area contributed by atoms with E-state index in [-0.39, 0.29) is 43.0 Å². The van der Waals surface area contributed by atoms with Crippen LogP contribution in [0, 0.1) is 5.92 Å². The van der Waals surface area contributed by atoms with Crippen LogP contribution >= 0.6 is 11.6 Å². The van der Waals surface area contributed by atoms with Crippen LogP contribution in [0.3, 0.4) is 0 Å². The lowest BCUT2D eigenvalue weighted by Gasteiger charge is -2.24. The third-order valence-electron chi connectivity index (χ3n) is 4.67. The zero-order valence-corrected chi connectivity index (χ0v) is 15.9. The number of aliphatic carboxylic acids is 1. The van der Waals surface area contributed by atoms with Crippen molar-refractivity contribution in [1.82, 2.24) is 16.0 Å². The number of piperidine rings is 1. The second kappa shape index (κ2) is 10.9.